The maximum atomic E-state index is 13.1. The van der Waals surface area contributed by atoms with Crippen LogP contribution in [0.3, 0.4) is 0 Å². The van der Waals surface area contributed by atoms with Crippen LogP contribution in [0.1, 0.15) is 29.6 Å². The van der Waals surface area contributed by atoms with Gasteiger partial charge in [-0.15, -0.1) is 0 Å². The molecule has 2 saturated heterocycles. The predicted molar refractivity (Wildman–Crippen MR) is 110 cm³/mol. The largest absolute Gasteiger partial charge is 0.338 e. The van der Waals surface area contributed by atoms with Crippen molar-refractivity contribution in [3.63, 3.8) is 0 Å². The topological polar surface area (TPSA) is 40.8 Å². The van der Waals surface area contributed by atoms with Gasteiger partial charge in [0.1, 0.15) is 0 Å². The first-order chi connectivity index (χ1) is 13.6. The number of likely N-dealkylation sites (tertiary alicyclic amines) is 2. The van der Waals surface area contributed by atoms with Crippen molar-refractivity contribution in [1.82, 2.24) is 19.4 Å². The SMILES string of the molecule is CN1CC[C@@]2(CCCN(C(=O)c3ccc(-c4cccc5ccnn45)cc3)C2)C1. The van der Waals surface area contributed by atoms with Crippen molar-refractivity contribution in [2.45, 2.75) is 19.3 Å². The van der Waals surface area contributed by atoms with Gasteiger partial charge < -0.3 is 9.80 Å². The number of carbonyl (C=O) groups is 1. The molecule has 5 heteroatoms. The molecule has 1 amide bonds. The fourth-order valence-electron chi connectivity index (χ4n) is 5.01. The highest BCUT2D eigenvalue weighted by Crippen LogP contribution is 2.38. The Bertz CT molecular complexity index is 1000. The third kappa shape index (κ3) is 3.00. The predicted octanol–water partition coefficient (Wildman–Crippen LogP) is 3.56. The number of nitrogens with zero attached hydrogens (tertiary/aromatic N) is 4. The fraction of sp³-hybridized carbons (Fsp3) is 0.391. The Morgan fingerprint density at radius 2 is 1.86 bits per heavy atom. The lowest BCUT2D eigenvalue weighted by Crippen LogP contribution is -2.47. The van der Waals surface area contributed by atoms with Crippen molar-refractivity contribution in [2.24, 2.45) is 5.41 Å². The molecule has 2 aliphatic heterocycles. The number of carbonyl (C=O) groups excluding carboxylic acids is 1. The zero-order valence-electron chi connectivity index (χ0n) is 16.3. The molecule has 1 atom stereocenters. The second-order valence-corrected chi connectivity index (χ2v) is 8.47. The Morgan fingerprint density at radius 3 is 2.64 bits per heavy atom. The van der Waals surface area contributed by atoms with Gasteiger partial charge >= 0.3 is 0 Å². The van der Waals surface area contributed by atoms with Gasteiger partial charge in [0.25, 0.3) is 5.91 Å². The summed E-state index contributed by atoms with van der Waals surface area (Å²) in [5, 5.41) is 4.41. The summed E-state index contributed by atoms with van der Waals surface area (Å²) in [7, 11) is 2.19. The van der Waals surface area contributed by atoms with Crippen molar-refractivity contribution < 1.29 is 4.79 Å². The fourth-order valence-corrected chi connectivity index (χ4v) is 5.01. The van der Waals surface area contributed by atoms with Crippen LogP contribution >= 0.6 is 0 Å². The van der Waals surface area contributed by atoms with Gasteiger partial charge in [-0.2, -0.15) is 5.10 Å². The van der Waals surface area contributed by atoms with E-state index < -0.39 is 0 Å². The number of hydrogen-bond acceptors (Lipinski definition) is 3. The van der Waals surface area contributed by atoms with Crippen LogP contribution in [0, 0.1) is 5.41 Å². The molecule has 0 bridgehead atoms. The van der Waals surface area contributed by atoms with Crippen LogP contribution in [-0.4, -0.2) is 58.5 Å². The van der Waals surface area contributed by atoms with E-state index >= 15 is 0 Å². The van der Waals surface area contributed by atoms with Crippen molar-refractivity contribution in [3.8, 4) is 11.3 Å². The maximum Gasteiger partial charge on any atom is 0.253 e. The molecule has 0 radical (unpaired) electrons. The molecule has 0 N–H and O–H groups in total. The molecule has 1 aromatic carbocycles. The summed E-state index contributed by atoms with van der Waals surface area (Å²) in [6, 6.07) is 16.1. The van der Waals surface area contributed by atoms with E-state index in [9.17, 15) is 4.79 Å². The molecular formula is C23H26N4O. The van der Waals surface area contributed by atoms with E-state index in [2.05, 4.69) is 28.0 Å². The van der Waals surface area contributed by atoms with Gasteiger partial charge in [0.05, 0.1) is 17.4 Å². The average molecular weight is 374 g/mol. The molecule has 2 aliphatic rings. The average Bonchev–Trinajstić information content (AvgIpc) is 3.34. The first-order valence-corrected chi connectivity index (χ1v) is 10.1. The number of amides is 1. The van der Waals surface area contributed by atoms with Gasteiger partial charge in [-0.1, -0.05) is 18.2 Å². The van der Waals surface area contributed by atoms with Gasteiger partial charge in [0.2, 0.25) is 0 Å². The van der Waals surface area contributed by atoms with Crippen LogP contribution in [0.2, 0.25) is 0 Å². The van der Waals surface area contributed by atoms with Crippen molar-refractivity contribution in [2.75, 3.05) is 33.2 Å². The number of rotatable bonds is 2. The molecular weight excluding hydrogens is 348 g/mol. The van der Waals surface area contributed by atoms with Gasteiger partial charge in [0.15, 0.2) is 0 Å². The third-order valence-electron chi connectivity index (χ3n) is 6.43. The molecule has 5 rings (SSSR count). The number of fused-ring (bicyclic) bond motifs is 1. The van der Waals surface area contributed by atoms with Crippen LogP contribution in [0.5, 0.6) is 0 Å². The zero-order chi connectivity index (χ0) is 19.1. The molecule has 2 aromatic heterocycles. The van der Waals surface area contributed by atoms with Crippen molar-refractivity contribution in [1.29, 1.82) is 0 Å². The van der Waals surface area contributed by atoms with Crippen LogP contribution in [0.15, 0.2) is 54.7 Å². The van der Waals surface area contributed by atoms with Gasteiger partial charge in [0, 0.05) is 36.2 Å². The molecule has 5 nitrogen and oxygen atoms in total. The summed E-state index contributed by atoms with van der Waals surface area (Å²) in [6.07, 6.45) is 5.37. The number of aromatic nitrogens is 2. The standard InChI is InChI=1S/C23H26N4O/c1-25-15-12-23(16-25)11-3-14-26(17-23)22(28)19-8-6-18(7-9-19)21-5-2-4-20-10-13-24-27(20)21/h2,4-10,13H,3,11-12,14-17H2,1H3/t23-/m0/s1. The Balaban J connectivity index is 1.37. The summed E-state index contributed by atoms with van der Waals surface area (Å²) >= 11 is 0. The Morgan fingerprint density at radius 1 is 1.00 bits per heavy atom. The quantitative estimate of drug-likeness (QED) is 0.689. The number of hydrogen-bond donors (Lipinski definition) is 0. The van der Waals surface area contributed by atoms with Crippen molar-refractivity contribution in [3.05, 3.63) is 60.3 Å². The number of pyridine rings is 1. The second-order valence-electron chi connectivity index (χ2n) is 8.47. The summed E-state index contributed by atoms with van der Waals surface area (Å²) in [5.41, 5.74) is 4.25. The highest BCUT2D eigenvalue weighted by Gasteiger charge is 2.41. The minimum Gasteiger partial charge on any atom is -0.338 e. The highest BCUT2D eigenvalue weighted by atomic mass is 16.2. The third-order valence-corrected chi connectivity index (χ3v) is 6.43. The molecule has 2 fully saturated rings. The Hall–Kier alpha value is -2.66. The first kappa shape index (κ1) is 17.4. The molecule has 0 unspecified atom stereocenters. The molecule has 144 valence electrons. The molecule has 28 heavy (non-hydrogen) atoms. The summed E-state index contributed by atoms with van der Waals surface area (Å²) in [6.45, 7) is 4.03. The molecule has 0 aliphatic carbocycles. The monoisotopic (exact) mass is 374 g/mol. The normalized spacial score (nSPS) is 23.0. The van der Waals surface area contributed by atoms with Crippen LogP contribution in [0.25, 0.3) is 16.8 Å². The number of piperidine rings is 1. The van der Waals surface area contributed by atoms with Crippen molar-refractivity contribution >= 4 is 11.4 Å². The lowest BCUT2D eigenvalue weighted by Gasteiger charge is -2.40. The summed E-state index contributed by atoms with van der Waals surface area (Å²) in [4.78, 5) is 17.6. The summed E-state index contributed by atoms with van der Waals surface area (Å²) in [5.74, 6) is 0.164. The number of benzene rings is 1. The summed E-state index contributed by atoms with van der Waals surface area (Å²) < 4.78 is 1.93. The molecule has 4 heterocycles. The molecule has 3 aromatic rings. The zero-order valence-corrected chi connectivity index (χ0v) is 16.3. The van der Waals surface area contributed by atoms with Gasteiger partial charge in [-0.25, -0.2) is 4.52 Å². The minimum absolute atomic E-state index is 0.164. The van der Waals surface area contributed by atoms with E-state index in [1.807, 2.05) is 53.2 Å². The smallest absolute Gasteiger partial charge is 0.253 e. The second kappa shape index (κ2) is 6.74. The van der Waals surface area contributed by atoms with Crippen LogP contribution in [0.4, 0.5) is 0 Å². The minimum atomic E-state index is 0.164. The van der Waals surface area contributed by atoms with E-state index in [0.29, 0.717) is 5.41 Å². The van der Waals surface area contributed by atoms with E-state index in [0.717, 1.165) is 54.9 Å². The first-order valence-electron chi connectivity index (χ1n) is 10.1. The van der Waals surface area contributed by atoms with E-state index in [4.69, 9.17) is 0 Å². The Labute approximate surface area is 165 Å². The van der Waals surface area contributed by atoms with E-state index in [1.165, 1.54) is 12.8 Å². The Kier molecular flexibility index (Phi) is 4.20. The van der Waals surface area contributed by atoms with Gasteiger partial charge in [-0.05, 0) is 63.2 Å². The van der Waals surface area contributed by atoms with E-state index in [1.54, 1.807) is 0 Å². The lowest BCUT2D eigenvalue weighted by atomic mass is 9.79. The van der Waals surface area contributed by atoms with Crippen LogP contribution < -0.4 is 0 Å². The lowest BCUT2D eigenvalue weighted by molar-refractivity contribution is 0.0534. The maximum absolute atomic E-state index is 13.1. The van der Waals surface area contributed by atoms with Crippen LogP contribution in [-0.2, 0) is 0 Å². The van der Waals surface area contributed by atoms with E-state index in [-0.39, 0.29) is 5.91 Å². The highest BCUT2D eigenvalue weighted by molar-refractivity contribution is 5.94. The molecule has 0 saturated carbocycles. The van der Waals surface area contributed by atoms with Gasteiger partial charge in [-0.3, -0.25) is 4.79 Å². The molecule has 1 spiro atoms.